The molecule has 2 aromatic carbocycles. The second-order valence-corrected chi connectivity index (χ2v) is 7.76. The van der Waals surface area contributed by atoms with Gasteiger partial charge < -0.3 is 14.8 Å². The van der Waals surface area contributed by atoms with E-state index in [2.05, 4.69) is 20.5 Å². The Kier molecular flexibility index (Phi) is 7.21. The fourth-order valence-corrected chi connectivity index (χ4v) is 3.91. The molecule has 1 N–H and O–H groups in total. The van der Waals surface area contributed by atoms with Crippen molar-refractivity contribution in [1.82, 2.24) is 19.7 Å². The number of pyridine rings is 1. The van der Waals surface area contributed by atoms with E-state index in [-0.39, 0.29) is 11.7 Å². The standard InChI is InChI=1S/C24H23N5O3S/c1-3-32-21-10-5-4-8-19(21)26-22(30)16-33-24-28-27-23(20-9-6-7-15-25-20)29(24)17-11-13-18(31-2)14-12-17/h4-15H,3,16H2,1-2H3,(H,26,30). The number of nitrogens with zero attached hydrogens (tertiary/aromatic N) is 4. The number of amides is 1. The van der Waals surface area contributed by atoms with Gasteiger partial charge in [-0.2, -0.15) is 0 Å². The summed E-state index contributed by atoms with van der Waals surface area (Å²) in [5, 5.41) is 12.2. The minimum atomic E-state index is -0.171. The summed E-state index contributed by atoms with van der Waals surface area (Å²) in [5.41, 5.74) is 2.16. The molecule has 9 heteroatoms. The number of carbonyl (C=O) groups excluding carboxylic acids is 1. The number of para-hydroxylation sites is 2. The van der Waals surface area contributed by atoms with E-state index in [0.717, 1.165) is 11.4 Å². The Morgan fingerprint density at radius 3 is 2.55 bits per heavy atom. The summed E-state index contributed by atoms with van der Waals surface area (Å²) in [4.78, 5) is 17.1. The van der Waals surface area contributed by atoms with Crippen LogP contribution < -0.4 is 14.8 Å². The number of aromatic nitrogens is 4. The van der Waals surface area contributed by atoms with Gasteiger partial charge in [0.15, 0.2) is 11.0 Å². The topological polar surface area (TPSA) is 91.2 Å². The maximum atomic E-state index is 12.7. The second kappa shape index (κ2) is 10.6. The van der Waals surface area contributed by atoms with Gasteiger partial charge in [0.1, 0.15) is 17.2 Å². The minimum Gasteiger partial charge on any atom is -0.497 e. The molecule has 0 aliphatic rings. The number of ether oxygens (including phenoxy) is 2. The zero-order chi connectivity index (χ0) is 23.0. The smallest absolute Gasteiger partial charge is 0.234 e. The predicted octanol–water partition coefficient (Wildman–Crippen LogP) is 4.47. The Balaban J connectivity index is 1.57. The summed E-state index contributed by atoms with van der Waals surface area (Å²) in [5.74, 6) is 1.95. The molecule has 0 aliphatic carbocycles. The Labute approximate surface area is 196 Å². The van der Waals surface area contributed by atoms with Gasteiger partial charge in [-0.25, -0.2) is 0 Å². The van der Waals surface area contributed by atoms with Gasteiger partial charge in [0.2, 0.25) is 5.91 Å². The van der Waals surface area contributed by atoms with Crippen LogP contribution in [0.5, 0.6) is 11.5 Å². The SMILES string of the molecule is CCOc1ccccc1NC(=O)CSc1nnc(-c2ccccn2)n1-c1ccc(OC)cc1. The summed E-state index contributed by atoms with van der Waals surface area (Å²) in [6, 6.07) is 20.5. The average molecular weight is 462 g/mol. The summed E-state index contributed by atoms with van der Waals surface area (Å²) in [6.07, 6.45) is 1.71. The number of carbonyl (C=O) groups is 1. The van der Waals surface area contributed by atoms with Gasteiger partial charge in [0.05, 0.1) is 30.8 Å². The highest BCUT2D eigenvalue weighted by molar-refractivity contribution is 7.99. The molecule has 0 bridgehead atoms. The van der Waals surface area contributed by atoms with E-state index in [4.69, 9.17) is 9.47 Å². The van der Waals surface area contributed by atoms with Gasteiger partial charge in [-0.1, -0.05) is 30.0 Å². The fraction of sp³-hybridized carbons (Fsp3) is 0.167. The maximum absolute atomic E-state index is 12.7. The van der Waals surface area contributed by atoms with Crippen molar-refractivity contribution in [1.29, 1.82) is 0 Å². The molecule has 168 valence electrons. The number of rotatable bonds is 9. The molecule has 0 fully saturated rings. The lowest BCUT2D eigenvalue weighted by Gasteiger charge is -2.12. The van der Waals surface area contributed by atoms with E-state index in [1.807, 2.05) is 78.2 Å². The molecule has 4 aromatic rings. The number of anilines is 1. The zero-order valence-electron chi connectivity index (χ0n) is 18.3. The Bertz CT molecular complexity index is 1210. The molecule has 8 nitrogen and oxygen atoms in total. The van der Waals surface area contributed by atoms with E-state index >= 15 is 0 Å². The quantitative estimate of drug-likeness (QED) is 0.368. The average Bonchev–Trinajstić information content (AvgIpc) is 3.29. The highest BCUT2D eigenvalue weighted by Crippen LogP contribution is 2.29. The Morgan fingerprint density at radius 1 is 1.03 bits per heavy atom. The molecular formula is C24H23N5O3S. The minimum absolute atomic E-state index is 0.150. The second-order valence-electron chi connectivity index (χ2n) is 6.82. The lowest BCUT2D eigenvalue weighted by Crippen LogP contribution is -2.15. The first kappa shape index (κ1) is 22.3. The van der Waals surface area contributed by atoms with Crippen LogP contribution >= 0.6 is 11.8 Å². The van der Waals surface area contributed by atoms with Crippen molar-refractivity contribution >= 4 is 23.4 Å². The molecule has 0 saturated heterocycles. The van der Waals surface area contributed by atoms with Crippen LogP contribution in [0.3, 0.4) is 0 Å². The molecule has 4 rings (SSSR count). The highest BCUT2D eigenvalue weighted by Gasteiger charge is 2.18. The van der Waals surface area contributed by atoms with Crippen LogP contribution in [0.2, 0.25) is 0 Å². The lowest BCUT2D eigenvalue weighted by molar-refractivity contribution is -0.113. The largest absolute Gasteiger partial charge is 0.497 e. The van der Waals surface area contributed by atoms with Crippen molar-refractivity contribution in [3.63, 3.8) is 0 Å². The van der Waals surface area contributed by atoms with Gasteiger partial charge >= 0.3 is 0 Å². The molecular weight excluding hydrogens is 438 g/mol. The van der Waals surface area contributed by atoms with Gasteiger partial charge in [-0.15, -0.1) is 10.2 Å². The van der Waals surface area contributed by atoms with Crippen LogP contribution in [0.1, 0.15) is 6.92 Å². The fourth-order valence-electron chi connectivity index (χ4n) is 3.16. The van der Waals surface area contributed by atoms with Gasteiger partial charge in [-0.3, -0.25) is 14.3 Å². The molecule has 0 unspecified atom stereocenters. The van der Waals surface area contributed by atoms with Crippen molar-refractivity contribution in [2.75, 3.05) is 24.8 Å². The lowest BCUT2D eigenvalue weighted by atomic mass is 10.3. The third-order valence-corrected chi connectivity index (χ3v) is 5.58. The number of hydrogen-bond acceptors (Lipinski definition) is 7. The molecule has 0 spiro atoms. The van der Waals surface area contributed by atoms with Crippen molar-refractivity contribution in [2.45, 2.75) is 12.1 Å². The molecule has 0 atom stereocenters. The van der Waals surface area contributed by atoms with Crippen LogP contribution in [-0.2, 0) is 4.79 Å². The number of nitrogens with one attached hydrogen (secondary N) is 1. The van der Waals surface area contributed by atoms with Crippen LogP contribution in [0.15, 0.2) is 78.1 Å². The third-order valence-electron chi connectivity index (χ3n) is 4.65. The molecule has 2 aromatic heterocycles. The van der Waals surface area contributed by atoms with Crippen molar-refractivity contribution in [3.8, 4) is 28.7 Å². The van der Waals surface area contributed by atoms with E-state index in [1.54, 1.807) is 13.3 Å². The van der Waals surface area contributed by atoms with Crippen molar-refractivity contribution in [2.24, 2.45) is 0 Å². The third kappa shape index (κ3) is 5.32. The summed E-state index contributed by atoms with van der Waals surface area (Å²) >= 11 is 1.29. The number of hydrogen-bond donors (Lipinski definition) is 1. The number of benzene rings is 2. The first-order valence-electron chi connectivity index (χ1n) is 10.3. The summed E-state index contributed by atoms with van der Waals surface area (Å²) < 4.78 is 12.7. The Morgan fingerprint density at radius 2 is 1.82 bits per heavy atom. The monoisotopic (exact) mass is 461 g/mol. The van der Waals surface area contributed by atoms with Crippen LogP contribution in [-0.4, -0.2) is 45.1 Å². The first-order chi connectivity index (χ1) is 16.2. The molecule has 33 heavy (non-hydrogen) atoms. The molecule has 1 amide bonds. The van der Waals surface area contributed by atoms with Crippen LogP contribution in [0.4, 0.5) is 5.69 Å². The predicted molar refractivity (Wildman–Crippen MR) is 128 cm³/mol. The van der Waals surface area contributed by atoms with E-state index in [1.165, 1.54) is 11.8 Å². The van der Waals surface area contributed by atoms with Gasteiger partial charge in [0, 0.05) is 6.20 Å². The van der Waals surface area contributed by atoms with Crippen molar-refractivity contribution in [3.05, 3.63) is 72.9 Å². The van der Waals surface area contributed by atoms with Crippen molar-refractivity contribution < 1.29 is 14.3 Å². The first-order valence-corrected chi connectivity index (χ1v) is 11.3. The summed E-state index contributed by atoms with van der Waals surface area (Å²) in [7, 11) is 1.62. The Hall–Kier alpha value is -3.85. The molecule has 0 saturated carbocycles. The normalized spacial score (nSPS) is 10.6. The van der Waals surface area contributed by atoms with Gasteiger partial charge in [0.25, 0.3) is 0 Å². The van der Waals surface area contributed by atoms with Crippen LogP contribution in [0, 0.1) is 0 Å². The van der Waals surface area contributed by atoms with E-state index < -0.39 is 0 Å². The van der Waals surface area contributed by atoms with Gasteiger partial charge in [-0.05, 0) is 55.5 Å². The number of methoxy groups -OCH3 is 1. The maximum Gasteiger partial charge on any atom is 0.234 e. The summed E-state index contributed by atoms with van der Waals surface area (Å²) in [6.45, 7) is 2.42. The molecule has 2 heterocycles. The zero-order valence-corrected chi connectivity index (χ0v) is 19.1. The van der Waals surface area contributed by atoms with Crippen LogP contribution in [0.25, 0.3) is 17.2 Å². The number of thioether (sulfide) groups is 1. The van der Waals surface area contributed by atoms with E-state index in [9.17, 15) is 4.79 Å². The molecule has 0 aliphatic heterocycles. The highest BCUT2D eigenvalue weighted by atomic mass is 32.2. The van der Waals surface area contributed by atoms with E-state index in [0.29, 0.717) is 34.7 Å². The molecule has 0 radical (unpaired) electrons.